The van der Waals surface area contributed by atoms with E-state index in [1.165, 1.54) is 0 Å². The molecular weight excluding hydrogens is 242 g/mol. The highest BCUT2D eigenvalue weighted by atomic mass is 79.9. The minimum atomic E-state index is -3.00. The summed E-state index contributed by atoms with van der Waals surface area (Å²) in [5.74, 6) is -4.32. The fourth-order valence-electron chi connectivity index (χ4n) is 0.425. The van der Waals surface area contributed by atoms with E-state index in [4.69, 9.17) is 5.11 Å². The van der Waals surface area contributed by atoms with Crippen molar-refractivity contribution in [1.29, 1.82) is 0 Å². The molecule has 0 fully saturated rings. The molecular formula is C5H7BrF2O2S. The molecule has 0 heterocycles. The number of carboxylic acids is 1. The van der Waals surface area contributed by atoms with Gasteiger partial charge in [0.15, 0.2) is 0 Å². The fraction of sp³-hybridized carbons (Fsp3) is 0.800. The van der Waals surface area contributed by atoms with Crippen molar-refractivity contribution in [1.82, 2.24) is 0 Å². The number of halogens is 3. The zero-order valence-electron chi connectivity index (χ0n) is 5.43. The van der Waals surface area contributed by atoms with E-state index in [0.29, 0.717) is 0 Å². The molecule has 0 saturated carbocycles. The highest BCUT2D eigenvalue weighted by molar-refractivity contribution is 9.09. The zero-order chi connectivity index (χ0) is 9.07. The molecule has 2 nitrogen and oxygen atoms in total. The van der Waals surface area contributed by atoms with Gasteiger partial charge in [-0.3, -0.25) is 4.79 Å². The average Bonchev–Trinajstić information content (AvgIpc) is 1.87. The molecule has 0 unspecified atom stereocenters. The van der Waals surface area contributed by atoms with Crippen LogP contribution in [-0.2, 0) is 4.79 Å². The van der Waals surface area contributed by atoms with E-state index in [2.05, 4.69) is 28.6 Å². The van der Waals surface area contributed by atoms with Gasteiger partial charge in [0.1, 0.15) is 5.25 Å². The van der Waals surface area contributed by atoms with Crippen molar-refractivity contribution >= 4 is 34.5 Å². The molecule has 1 atom stereocenters. The maximum absolute atomic E-state index is 12.4. The van der Waals surface area contributed by atoms with Crippen LogP contribution in [-0.4, -0.2) is 27.6 Å². The Bertz CT molecular complexity index is 153. The van der Waals surface area contributed by atoms with E-state index < -0.39 is 28.9 Å². The molecule has 1 N–H and O–H groups in total. The number of alkyl halides is 3. The van der Waals surface area contributed by atoms with Gasteiger partial charge >= 0.3 is 5.97 Å². The second-order valence-electron chi connectivity index (χ2n) is 2.05. The van der Waals surface area contributed by atoms with Crippen LogP contribution in [0.1, 0.15) is 6.42 Å². The Hall–Kier alpha value is 0.160. The number of carboxylic acid groups (broad SMARTS) is 1. The van der Waals surface area contributed by atoms with Crippen molar-refractivity contribution in [3.05, 3.63) is 0 Å². The zero-order valence-corrected chi connectivity index (χ0v) is 7.91. The molecule has 11 heavy (non-hydrogen) atoms. The van der Waals surface area contributed by atoms with E-state index in [1.807, 2.05) is 0 Å². The topological polar surface area (TPSA) is 37.3 Å². The van der Waals surface area contributed by atoms with Gasteiger partial charge in [-0.25, -0.2) is 8.78 Å². The third kappa shape index (κ3) is 4.58. The molecule has 0 aromatic rings. The Kier molecular flexibility index (Phi) is 4.31. The van der Waals surface area contributed by atoms with Crippen LogP contribution in [0.2, 0.25) is 0 Å². The van der Waals surface area contributed by atoms with Gasteiger partial charge in [0.05, 0.1) is 5.33 Å². The summed E-state index contributed by atoms with van der Waals surface area (Å²) in [4.78, 5) is 10.1. The first kappa shape index (κ1) is 11.2. The summed E-state index contributed by atoms with van der Waals surface area (Å²) in [6.45, 7) is 0. The lowest BCUT2D eigenvalue weighted by Gasteiger charge is -2.14. The molecule has 0 aliphatic carbocycles. The van der Waals surface area contributed by atoms with Crippen LogP contribution in [0.25, 0.3) is 0 Å². The highest BCUT2D eigenvalue weighted by Crippen LogP contribution is 2.24. The maximum Gasteiger partial charge on any atom is 0.316 e. The lowest BCUT2D eigenvalue weighted by molar-refractivity contribution is -0.138. The van der Waals surface area contributed by atoms with E-state index >= 15 is 0 Å². The molecule has 0 aromatic carbocycles. The van der Waals surface area contributed by atoms with Crippen LogP contribution in [0.15, 0.2) is 0 Å². The number of hydrogen-bond donors (Lipinski definition) is 2. The lowest BCUT2D eigenvalue weighted by atomic mass is 10.2. The predicted molar refractivity (Wildman–Crippen MR) is 43.8 cm³/mol. The summed E-state index contributed by atoms with van der Waals surface area (Å²) in [5, 5.41) is 6.38. The molecule has 66 valence electrons. The minimum Gasteiger partial charge on any atom is -0.480 e. The van der Waals surface area contributed by atoms with Gasteiger partial charge in [-0.15, -0.1) is 0 Å². The Balaban J connectivity index is 3.93. The van der Waals surface area contributed by atoms with Crippen molar-refractivity contribution in [3.8, 4) is 0 Å². The Morgan fingerprint density at radius 2 is 2.18 bits per heavy atom. The summed E-state index contributed by atoms with van der Waals surface area (Å²) in [7, 11) is 0. The van der Waals surface area contributed by atoms with Crippen LogP contribution in [0.5, 0.6) is 0 Å². The van der Waals surface area contributed by atoms with Crippen LogP contribution in [0, 0.1) is 0 Å². The third-order valence-corrected chi connectivity index (χ3v) is 2.20. The number of thiol groups is 1. The lowest BCUT2D eigenvalue weighted by Crippen LogP contribution is -2.27. The average molecular weight is 249 g/mol. The number of aliphatic carboxylic acids is 1. The summed E-state index contributed by atoms with van der Waals surface area (Å²) in [6.07, 6.45) is -0.753. The van der Waals surface area contributed by atoms with Crippen molar-refractivity contribution < 1.29 is 18.7 Å². The first-order chi connectivity index (χ1) is 4.89. The van der Waals surface area contributed by atoms with Crippen molar-refractivity contribution in [3.63, 3.8) is 0 Å². The van der Waals surface area contributed by atoms with Crippen LogP contribution in [0.3, 0.4) is 0 Å². The van der Waals surface area contributed by atoms with Gasteiger partial charge in [0, 0.05) is 6.42 Å². The third-order valence-electron chi connectivity index (χ3n) is 0.973. The van der Waals surface area contributed by atoms with Crippen LogP contribution >= 0.6 is 28.6 Å². The summed E-state index contributed by atoms with van der Waals surface area (Å²) >= 11 is 6.04. The monoisotopic (exact) mass is 248 g/mol. The molecule has 0 spiro atoms. The largest absolute Gasteiger partial charge is 0.480 e. The quantitative estimate of drug-likeness (QED) is 0.588. The fourth-order valence-corrected chi connectivity index (χ4v) is 0.921. The van der Waals surface area contributed by atoms with Gasteiger partial charge in [-0.1, -0.05) is 15.9 Å². The Morgan fingerprint density at radius 1 is 1.73 bits per heavy atom. The molecule has 0 rings (SSSR count). The minimum absolute atomic E-state index is 0.537. The van der Waals surface area contributed by atoms with Crippen LogP contribution < -0.4 is 0 Å². The predicted octanol–water partition coefficient (Wildman–Crippen LogP) is 1.79. The van der Waals surface area contributed by atoms with E-state index in [0.717, 1.165) is 0 Å². The van der Waals surface area contributed by atoms with E-state index in [9.17, 15) is 13.6 Å². The molecule has 0 amide bonds. The van der Waals surface area contributed by atoms with Crippen LogP contribution in [0.4, 0.5) is 8.78 Å². The van der Waals surface area contributed by atoms with Crippen molar-refractivity contribution in [2.24, 2.45) is 0 Å². The molecule has 0 bridgehead atoms. The summed E-state index contributed by atoms with van der Waals surface area (Å²) in [5.41, 5.74) is 0. The van der Waals surface area contributed by atoms with Gasteiger partial charge in [0.25, 0.3) is 5.92 Å². The molecule has 6 heteroatoms. The normalized spacial score (nSPS) is 14.5. The number of hydrogen-bond acceptors (Lipinski definition) is 2. The van der Waals surface area contributed by atoms with E-state index in [-0.39, 0.29) is 0 Å². The van der Waals surface area contributed by atoms with Gasteiger partial charge in [-0.2, -0.15) is 12.6 Å². The second-order valence-corrected chi connectivity index (χ2v) is 3.23. The maximum atomic E-state index is 12.4. The number of rotatable bonds is 4. The summed E-state index contributed by atoms with van der Waals surface area (Å²) in [6, 6.07) is 0. The highest BCUT2D eigenvalue weighted by Gasteiger charge is 2.32. The number of carbonyl (C=O) groups is 1. The van der Waals surface area contributed by atoms with Crippen molar-refractivity contribution in [2.45, 2.75) is 17.6 Å². The first-order valence-electron chi connectivity index (χ1n) is 2.74. The molecule has 0 aliphatic heterocycles. The standard InChI is InChI=1S/C5H7BrF2O2S/c6-2-5(7,8)1-3(11)4(9)10/h3,11H,1-2H2,(H,9,10)/t3-/m0/s1. The molecule has 0 aliphatic rings. The Labute approximate surface area is 76.5 Å². The van der Waals surface area contributed by atoms with Crippen molar-refractivity contribution in [2.75, 3.05) is 5.33 Å². The van der Waals surface area contributed by atoms with Gasteiger partial charge in [0.2, 0.25) is 0 Å². The molecule has 0 saturated heterocycles. The van der Waals surface area contributed by atoms with Gasteiger partial charge in [-0.05, 0) is 0 Å². The molecule has 0 radical (unpaired) electrons. The smallest absolute Gasteiger partial charge is 0.316 e. The summed E-state index contributed by atoms with van der Waals surface area (Å²) < 4.78 is 24.8. The molecule has 0 aromatic heterocycles. The van der Waals surface area contributed by atoms with Gasteiger partial charge < -0.3 is 5.11 Å². The SMILES string of the molecule is O=C(O)[C@@H](S)CC(F)(F)CBr. The van der Waals surface area contributed by atoms with E-state index in [1.54, 1.807) is 0 Å². The Morgan fingerprint density at radius 3 is 2.45 bits per heavy atom. The first-order valence-corrected chi connectivity index (χ1v) is 4.37. The second kappa shape index (κ2) is 4.25.